The zero-order valence-corrected chi connectivity index (χ0v) is 14.9. The Balaban J connectivity index is 1.73. The van der Waals surface area contributed by atoms with Crippen LogP contribution >= 0.6 is 11.6 Å². The zero-order chi connectivity index (χ0) is 19.6. The monoisotopic (exact) mass is 383 g/mol. The molecule has 0 atom stereocenters. The molecule has 2 aromatic carbocycles. The maximum absolute atomic E-state index is 12.3. The van der Waals surface area contributed by atoms with Gasteiger partial charge in [0.05, 0.1) is 21.7 Å². The summed E-state index contributed by atoms with van der Waals surface area (Å²) in [6.07, 6.45) is 1.44. The van der Waals surface area contributed by atoms with Crippen LogP contribution < -0.4 is 0 Å². The van der Waals surface area contributed by atoms with Gasteiger partial charge in [0.1, 0.15) is 0 Å². The minimum Gasteiger partial charge on any atom is -0.454 e. The van der Waals surface area contributed by atoms with E-state index in [-0.39, 0.29) is 33.8 Å². The van der Waals surface area contributed by atoms with Gasteiger partial charge in [0.2, 0.25) is 5.78 Å². The molecule has 1 aliphatic heterocycles. The van der Waals surface area contributed by atoms with Crippen molar-refractivity contribution in [3.63, 3.8) is 0 Å². The van der Waals surface area contributed by atoms with E-state index in [4.69, 9.17) is 16.3 Å². The Hall–Kier alpha value is -3.25. The highest BCUT2D eigenvalue weighted by Gasteiger charge is 2.35. The van der Waals surface area contributed by atoms with Crippen molar-refractivity contribution in [2.45, 2.75) is 0 Å². The van der Waals surface area contributed by atoms with E-state index in [1.54, 1.807) is 18.2 Å². The number of fused-ring (bicyclic) bond motifs is 1. The summed E-state index contributed by atoms with van der Waals surface area (Å²) in [7, 11) is 0. The highest BCUT2D eigenvalue weighted by molar-refractivity contribution is 6.34. The van der Waals surface area contributed by atoms with Gasteiger partial charge < -0.3 is 4.74 Å². The molecule has 3 rings (SSSR count). The molecule has 0 aliphatic carbocycles. The van der Waals surface area contributed by atoms with E-state index in [2.05, 4.69) is 6.58 Å². The van der Waals surface area contributed by atoms with Gasteiger partial charge in [-0.15, -0.1) is 6.58 Å². The fourth-order valence-electron chi connectivity index (χ4n) is 2.69. The first-order valence-electron chi connectivity index (χ1n) is 8.00. The van der Waals surface area contributed by atoms with Crippen molar-refractivity contribution in [1.29, 1.82) is 0 Å². The van der Waals surface area contributed by atoms with Gasteiger partial charge >= 0.3 is 5.97 Å². The Morgan fingerprint density at radius 2 is 1.78 bits per heavy atom. The van der Waals surface area contributed by atoms with E-state index in [9.17, 15) is 19.2 Å². The number of amides is 2. The lowest BCUT2D eigenvalue weighted by atomic mass is 10.1. The average molecular weight is 384 g/mol. The third-order valence-corrected chi connectivity index (χ3v) is 4.36. The standard InChI is InChI=1S/C20H14ClNO5/c1-2-9-22-18(24)13-8-7-12(10-15(13)19(22)25)20(26)27-11-17(23)14-5-3-4-6-16(14)21/h2-8,10H,1,9,11H2. The van der Waals surface area contributed by atoms with Crippen molar-refractivity contribution in [3.05, 3.63) is 82.4 Å². The molecule has 0 radical (unpaired) electrons. The molecular formula is C20H14ClNO5. The Bertz CT molecular complexity index is 982. The normalized spacial score (nSPS) is 12.7. The number of ketones is 1. The summed E-state index contributed by atoms with van der Waals surface area (Å²) in [4.78, 5) is 49.8. The van der Waals surface area contributed by atoms with Crippen LogP contribution in [0.1, 0.15) is 41.4 Å². The van der Waals surface area contributed by atoms with Gasteiger partial charge in [0, 0.05) is 12.1 Å². The molecule has 2 amide bonds. The second kappa shape index (κ2) is 7.55. The predicted molar refractivity (Wildman–Crippen MR) is 98.1 cm³/mol. The molecule has 1 heterocycles. The minimum atomic E-state index is -0.777. The van der Waals surface area contributed by atoms with Gasteiger partial charge in [-0.25, -0.2) is 4.79 Å². The van der Waals surface area contributed by atoms with Crippen molar-refractivity contribution in [1.82, 2.24) is 4.90 Å². The molecule has 6 nitrogen and oxygen atoms in total. The fraction of sp³-hybridized carbons (Fsp3) is 0.100. The number of hydrogen-bond acceptors (Lipinski definition) is 5. The molecule has 2 aromatic rings. The van der Waals surface area contributed by atoms with Crippen molar-refractivity contribution < 1.29 is 23.9 Å². The van der Waals surface area contributed by atoms with Crippen molar-refractivity contribution in [2.75, 3.05) is 13.2 Å². The van der Waals surface area contributed by atoms with Crippen molar-refractivity contribution in [2.24, 2.45) is 0 Å². The first-order valence-corrected chi connectivity index (χ1v) is 8.38. The quantitative estimate of drug-likeness (QED) is 0.331. The SMILES string of the molecule is C=CCN1C(=O)c2ccc(C(=O)OCC(=O)c3ccccc3Cl)cc2C1=O. The molecule has 0 saturated carbocycles. The van der Waals surface area contributed by atoms with Gasteiger partial charge in [-0.2, -0.15) is 0 Å². The molecule has 0 N–H and O–H groups in total. The molecule has 0 bridgehead atoms. The van der Waals surface area contributed by atoms with Gasteiger partial charge in [0.15, 0.2) is 6.61 Å². The summed E-state index contributed by atoms with van der Waals surface area (Å²) in [5.41, 5.74) is 0.656. The molecule has 1 aliphatic rings. The van der Waals surface area contributed by atoms with E-state index in [0.29, 0.717) is 0 Å². The van der Waals surface area contributed by atoms with E-state index < -0.39 is 30.2 Å². The summed E-state index contributed by atoms with van der Waals surface area (Å²) in [6.45, 7) is 3.10. The number of carbonyl (C=O) groups excluding carboxylic acids is 4. The molecule has 136 valence electrons. The third-order valence-electron chi connectivity index (χ3n) is 4.03. The van der Waals surface area contributed by atoms with Gasteiger partial charge in [-0.3, -0.25) is 19.3 Å². The molecule has 7 heteroatoms. The number of imide groups is 1. The zero-order valence-electron chi connectivity index (χ0n) is 14.1. The lowest BCUT2D eigenvalue weighted by Gasteiger charge is -2.09. The number of halogens is 1. The predicted octanol–water partition coefficient (Wildman–Crippen LogP) is 3.16. The Labute approximate surface area is 160 Å². The number of nitrogens with zero attached hydrogens (tertiary/aromatic N) is 1. The van der Waals surface area contributed by atoms with E-state index in [1.807, 2.05) is 0 Å². The fourth-order valence-corrected chi connectivity index (χ4v) is 2.93. The highest BCUT2D eigenvalue weighted by Crippen LogP contribution is 2.24. The largest absolute Gasteiger partial charge is 0.454 e. The Morgan fingerprint density at radius 1 is 1.07 bits per heavy atom. The number of hydrogen-bond donors (Lipinski definition) is 0. The number of Topliss-reactive ketones (excluding diaryl/α,β-unsaturated/α-hetero) is 1. The van der Waals surface area contributed by atoms with E-state index in [0.717, 1.165) is 4.90 Å². The second-order valence-electron chi connectivity index (χ2n) is 5.75. The smallest absolute Gasteiger partial charge is 0.338 e. The van der Waals surface area contributed by atoms with Crippen LogP contribution in [0.2, 0.25) is 5.02 Å². The van der Waals surface area contributed by atoms with Crippen LogP contribution in [-0.2, 0) is 4.74 Å². The maximum atomic E-state index is 12.3. The molecule has 0 spiro atoms. The van der Waals surface area contributed by atoms with Crippen LogP contribution in [0.3, 0.4) is 0 Å². The second-order valence-corrected chi connectivity index (χ2v) is 6.16. The average Bonchev–Trinajstić information content (AvgIpc) is 2.91. The molecule has 0 fully saturated rings. The summed E-state index contributed by atoms with van der Waals surface area (Å²) in [5, 5.41) is 0.266. The number of carbonyl (C=O) groups is 4. The third kappa shape index (κ3) is 3.52. The van der Waals surface area contributed by atoms with Gasteiger partial charge in [0.25, 0.3) is 11.8 Å². The Morgan fingerprint density at radius 3 is 2.48 bits per heavy atom. The first-order chi connectivity index (χ1) is 12.9. The molecular weight excluding hydrogens is 370 g/mol. The van der Waals surface area contributed by atoms with Crippen LogP contribution in [0.4, 0.5) is 0 Å². The lowest BCUT2D eigenvalue weighted by molar-refractivity contribution is 0.0474. The van der Waals surface area contributed by atoms with Crippen LogP contribution in [0.15, 0.2) is 55.1 Å². The van der Waals surface area contributed by atoms with Crippen molar-refractivity contribution >= 4 is 35.2 Å². The van der Waals surface area contributed by atoms with Crippen molar-refractivity contribution in [3.8, 4) is 0 Å². The van der Waals surface area contributed by atoms with Crippen LogP contribution in [0.25, 0.3) is 0 Å². The molecule has 0 aromatic heterocycles. The number of benzene rings is 2. The Kier molecular flexibility index (Phi) is 5.19. The molecule has 27 heavy (non-hydrogen) atoms. The highest BCUT2D eigenvalue weighted by atomic mass is 35.5. The maximum Gasteiger partial charge on any atom is 0.338 e. The summed E-state index contributed by atoms with van der Waals surface area (Å²) < 4.78 is 5.02. The number of esters is 1. The lowest BCUT2D eigenvalue weighted by Crippen LogP contribution is -2.29. The van der Waals surface area contributed by atoms with Gasteiger partial charge in [-0.05, 0) is 30.3 Å². The number of ether oxygens (including phenoxy) is 1. The molecule has 0 saturated heterocycles. The van der Waals surface area contributed by atoms with Crippen LogP contribution in [-0.4, -0.2) is 41.6 Å². The molecule has 0 unspecified atom stereocenters. The summed E-state index contributed by atoms with van der Waals surface area (Å²) in [6, 6.07) is 10.5. The van der Waals surface area contributed by atoms with E-state index in [1.165, 1.54) is 30.3 Å². The minimum absolute atomic E-state index is 0.0716. The van der Waals surface area contributed by atoms with Crippen LogP contribution in [0, 0.1) is 0 Å². The van der Waals surface area contributed by atoms with Gasteiger partial charge in [-0.1, -0.05) is 29.8 Å². The topological polar surface area (TPSA) is 80.8 Å². The first kappa shape index (κ1) is 18.5. The summed E-state index contributed by atoms with van der Waals surface area (Å²) >= 11 is 5.94. The summed E-state index contributed by atoms with van der Waals surface area (Å²) in [5.74, 6) is -2.17. The van der Waals surface area contributed by atoms with Crippen LogP contribution in [0.5, 0.6) is 0 Å². The number of rotatable bonds is 6. The van der Waals surface area contributed by atoms with E-state index >= 15 is 0 Å².